The van der Waals surface area contributed by atoms with Crippen LogP contribution in [0.15, 0.2) is 24.0 Å². The second kappa shape index (κ2) is 4.16. The maximum absolute atomic E-state index is 13.0. The molecule has 0 spiro atoms. The van der Waals surface area contributed by atoms with Gasteiger partial charge in [0.15, 0.2) is 5.69 Å². The lowest BCUT2D eigenvalue weighted by Crippen LogP contribution is -2.33. The van der Waals surface area contributed by atoms with E-state index in [1.165, 1.54) is 10.4 Å². The zero-order valence-corrected chi connectivity index (χ0v) is 12.9. The summed E-state index contributed by atoms with van der Waals surface area (Å²) in [5, 5.41) is 2.10. The lowest BCUT2D eigenvalue weighted by molar-refractivity contribution is 0.0728. The number of hydrogen-bond donors (Lipinski definition) is 0. The predicted molar refractivity (Wildman–Crippen MR) is 83.9 cm³/mol. The average molecular weight is 310 g/mol. The van der Waals surface area contributed by atoms with Crippen molar-refractivity contribution in [1.82, 2.24) is 19.3 Å². The molecule has 1 aliphatic heterocycles. The summed E-state index contributed by atoms with van der Waals surface area (Å²) >= 11 is 1.71. The molecular weight excluding hydrogens is 296 g/mol. The summed E-state index contributed by atoms with van der Waals surface area (Å²) in [5.74, 6) is 0.900. The number of amides is 1. The van der Waals surface area contributed by atoms with Gasteiger partial charge in [0.05, 0.1) is 12.1 Å². The van der Waals surface area contributed by atoms with E-state index in [0.29, 0.717) is 18.3 Å². The fourth-order valence-electron chi connectivity index (χ4n) is 3.23. The Hall–Kier alpha value is -2.21. The van der Waals surface area contributed by atoms with Crippen LogP contribution < -0.4 is 0 Å². The molecule has 0 aromatic carbocycles. The van der Waals surface area contributed by atoms with E-state index in [1.807, 2.05) is 22.4 Å². The predicted octanol–water partition coefficient (Wildman–Crippen LogP) is 2.88. The third-order valence-corrected chi connectivity index (χ3v) is 5.46. The number of carbonyl (C=O) groups excluding carboxylic acids is 1. The lowest BCUT2D eigenvalue weighted by Gasteiger charge is -2.24. The molecule has 1 aliphatic carbocycles. The summed E-state index contributed by atoms with van der Waals surface area (Å²) in [6, 6.07) is 2.51. The van der Waals surface area contributed by atoms with Gasteiger partial charge in [-0.15, -0.1) is 11.3 Å². The Labute approximate surface area is 131 Å². The van der Waals surface area contributed by atoms with E-state index in [1.54, 1.807) is 17.7 Å². The Kier molecular flexibility index (Phi) is 2.34. The van der Waals surface area contributed by atoms with Crippen molar-refractivity contribution in [1.29, 1.82) is 0 Å². The Bertz CT molecular complexity index is 922. The van der Waals surface area contributed by atoms with Crippen LogP contribution in [0.2, 0.25) is 0 Å². The first-order valence-electron chi connectivity index (χ1n) is 7.44. The molecule has 2 aliphatic rings. The van der Waals surface area contributed by atoms with Gasteiger partial charge < -0.3 is 4.90 Å². The summed E-state index contributed by atoms with van der Waals surface area (Å²) in [7, 11) is 0. The number of carbonyl (C=O) groups is 1. The second-order valence-electron chi connectivity index (χ2n) is 5.95. The lowest BCUT2D eigenvalue weighted by atomic mass is 10.0. The number of nitrogens with zero attached hydrogens (tertiary/aromatic N) is 4. The molecular formula is C16H14N4OS. The fourth-order valence-corrected chi connectivity index (χ4v) is 4.12. The SMILES string of the molecule is Cc1ncc2c3c(ncn13)C(=O)N(C1CC1)Cc1sccc1-2. The van der Waals surface area contributed by atoms with Gasteiger partial charge in [-0.3, -0.25) is 9.20 Å². The summed E-state index contributed by atoms with van der Waals surface area (Å²) in [4.78, 5) is 25.1. The zero-order chi connectivity index (χ0) is 14.8. The van der Waals surface area contributed by atoms with E-state index in [9.17, 15) is 4.79 Å². The van der Waals surface area contributed by atoms with Gasteiger partial charge in [0.1, 0.15) is 12.2 Å². The molecule has 0 saturated heterocycles. The van der Waals surface area contributed by atoms with Crippen LogP contribution in [0.25, 0.3) is 16.6 Å². The number of rotatable bonds is 1. The highest BCUT2D eigenvalue weighted by Gasteiger charge is 2.37. The first kappa shape index (κ1) is 12.3. The average Bonchev–Trinajstić information content (AvgIpc) is 3.08. The molecule has 1 fully saturated rings. The molecule has 0 bridgehead atoms. The van der Waals surface area contributed by atoms with Crippen molar-refractivity contribution < 1.29 is 4.79 Å². The van der Waals surface area contributed by atoms with Gasteiger partial charge in [0, 0.05) is 28.2 Å². The van der Waals surface area contributed by atoms with Gasteiger partial charge in [-0.1, -0.05) is 0 Å². The van der Waals surface area contributed by atoms with Crippen molar-refractivity contribution in [3.63, 3.8) is 0 Å². The number of aromatic nitrogens is 3. The maximum Gasteiger partial charge on any atom is 0.275 e. The smallest absolute Gasteiger partial charge is 0.275 e. The van der Waals surface area contributed by atoms with Crippen LogP contribution in [0.4, 0.5) is 0 Å². The standard InChI is InChI=1S/C16H14N4OS/c1-9-17-6-12-11-4-5-22-13(11)7-19(10-2-3-10)16(21)14-15(12)20(9)8-18-14/h4-6,8,10H,2-3,7H2,1H3. The van der Waals surface area contributed by atoms with Crippen molar-refractivity contribution in [2.24, 2.45) is 0 Å². The van der Waals surface area contributed by atoms with E-state index >= 15 is 0 Å². The molecule has 110 valence electrons. The highest BCUT2D eigenvalue weighted by Crippen LogP contribution is 2.39. The molecule has 6 heteroatoms. The van der Waals surface area contributed by atoms with Crippen molar-refractivity contribution in [2.75, 3.05) is 0 Å². The van der Waals surface area contributed by atoms with Crippen molar-refractivity contribution in [3.8, 4) is 11.1 Å². The Morgan fingerprint density at radius 2 is 2.14 bits per heavy atom. The molecule has 5 nitrogen and oxygen atoms in total. The molecule has 22 heavy (non-hydrogen) atoms. The molecule has 4 heterocycles. The number of hydrogen-bond acceptors (Lipinski definition) is 4. The molecule has 0 atom stereocenters. The van der Waals surface area contributed by atoms with E-state index in [2.05, 4.69) is 21.4 Å². The van der Waals surface area contributed by atoms with Crippen LogP contribution >= 0.6 is 11.3 Å². The summed E-state index contributed by atoms with van der Waals surface area (Å²) < 4.78 is 1.93. The second-order valence-corrected chi connectivity index (χ2v) is 6.95. The topological polar surface area (TPSA) is 50.5 Å². The van der Waals surface area contributed by atoms with Gasteiger partial charge in [0.25, 0.3) is 5.91 Å². The van der Waals surface area contributed by atoms with E-state index in [0.717, 1.165) is 29.7 Å². The zero-order valence-electron chi connectivity index (χ0n) is 12.1. The van der Waals surface area contributed by atoms with Crippen LogP contribution in [-0.2, 0) is 6.54 Å². The van der Waals surface area contributed by atoms with Gasteiger partial charge >= 0.3 is 0 Å². The van der Waals surface area contributed by atoms with Crippen molar-refractivity contribution in [2.45, 2.75) is 32.4 Å². The van der Waals surface area contributed by atoms with E-state index in [-0.39, 0.29) is 5.91 Å². The molecule has 0 radical (unpaired) electrons. The van der Waals surface area contributed by atoms with Crippen LogP contribution in [0, 0.1) is 6.92 Å². The monoisotopic (exact) mass is 310 g/mol. The Balaban J connectivity index is 1.88. The third-order valence-electron chi connectivity index (χ3n) is 4.55. The first-order chi connectivity index (χ1) is 10.7. The number of thiophene rings is 1. The molecule has 0 N–H and O–H groups in total. The fraction of sp³-hybridized carbons (Fsp3) is 0.312. The maximum atomic E-state index is 13.0. The normalized spacial score (nSPS) is 17.5. The van der Waals surface area contributed by atoms with Gasteiger partial charge in [-0.05, 0) is 31.2 Å². The molecule has 0 unspecified atom stereocenters. The number of imidazole rings is 1. The van der Waals surface area contributed by atoms with E-state index < -0.39 is 0 Å². The minimum absolute atomic E-state index is 0.0518. The van der Waals surface area contributed by atoms with Crippen molar-refractivity contribution in [3.05, 3.63) is 40.4 Å². The van der Waals surface area contributed by atoms with Gasteiger partial charge in [-0.2, -0.15) is 0 Å². The summed E-state index contributed by atoms with van der Waals surface area (Å²) in [5.41, 5.74) is 3.65. The number of fused-ring (bicyclic) bond motifs is 2. The van der Waals surface area contributed by atoms with Gasteiger partial charge in [0.2, 0.25) is 0 Å². The Morgan fingerprint density at radius 1 is 1.27 bits per heavy atom. The minimum atomic E-state index is 0.0518. The number of aryl methyl sites for hydroxylation is 1. The molecule has 5 rings (SSSR count). The minimum Gasteiger partial charge on any atom is -0.329 e. The third kappa shape index (κ3) is 1.56. The Morgan fingerprint density at radius 3 is 2.95 bits per heavy atom. The van der Waals surface area contributed by atoms with Crippen LogP contribution in [0.1, 0.15) is 34.0 Å². The molecule has 1 saturated carbocycles. The summed E-state index contributed by atoms with van der Waals surface area (Å²) in [6.45, 7) is 2.62. The highest BCUT2D eigenvalue weighted by atomic mass is 32.1. The molecule has 3 aromatic heterocycles. The quantitative estimate of drug-likeness (QED) is 0.694. The van der Waals surface area contributed by atoms with Crippen LogP contribution in [0.3, 0.4) is 0 Å². The van der Waals surface area contributed by atoms with Crippen molar-refractivity contribution >= 4 is 22.8 Å². The molecule has 1 amide bonds. The molecule has 3 aromatic rings. The van der Waals surface area contributed by atoms with Crippen LogP contribution in [0.5, 0.6) is 0 Å². The first-order valence-corrected chi connectivity index (χ1v) is 8.32. The highest BCUT2D eigenvalue weighted by molar-refractivity contribution is 7.10. The van der Waals surface area contributed by atoms with E-state index in [4.69, 9.17) is 0 Å². The summed E-state index contributed by atoms with van der Waals surface area (Å²) in [6.07, 6.45) is 5.80. The largest absolute Gasteiger partial charge is 0.329 e. The van der Waals surface area contributed by atoms with Crippen LogP contribution in [-0.4, -0.2) is 31.2 Å². The van der Waals surface area contributed by atoms with Gasteiger partial charge in [-0.25, -0.2) is 9.97 Å².